The summed E-state index contributed by atoms with van der Waals surface area (Å²) in [6.07, 6.45) is -1.29. The molecule has 1 fully saturated rings. The molecule has 254 valence electrons. The van der Waals surface area contributed by atoms with Gasteiger partial charge in [-0.1, -0.05) is 23.7 Å². The number of halogens is 4. The average Bonchev–Trinajstić information content (AvgIpc) is 3.82. The normalized spacial score (nSPS) is 17.0. The summed E-state index contributed by atoms with van der Waals surface area (Å²) >= 11 is 6.03. The number of ether oxygens (including phenoxy) is 1. The summed E-state index contributed by atoms with van der Waals surface area (Å²) < 4.78 is 70.9. The Hall–Kier alpha value is -4.90. The lowest BCUT2D eigenvalue weighted by molar-refractivity contribution is -0.158. The van der Waals surface area contributed by atoms with Crippen LogP contribution in [0, 0.1) is 0 Å². The molecule has 2 aromatic carbocycles. The van der Waals surface area contributed by atoms with E-state index in [0.717, 1.165) is 18.4 Å². The highest BCUT2D eigenvalue weighted by atomic mass is 35.5. The van der Waals surface area contributed by atoms with Gasteiger partial charge in [-0.3, -0.25) is 19.5 Å². The monoisotopic (exact) mass is 706 g/mol. The molecule has 0 bridgehead atoms. The van der Waals surface area contributed by atoms with Crippen LogP contribution in [0.3, 0.4) is 0 Å². The predicted octanol–water partition coefficient (Wildman–Crippen LogP) is 3.44. The summed E-state index contributed by atoms with van der Waals surface area (Å²) in [5, 5.41) is 9.30. The summed E-state index contributed by atoms with van der Waals surface area (Å²) in [6, 6.07) is 15.6. The maximum atomic E-state index is 13.0. The summed E-state index contributed by atoms with van der Waals surface area (Å²) in [7, 11) is -2.65. The van der Waals surface area contributed by atoms with Gasteiger partial charge < -0.3 is 20.7 Å². The van der Waals surface area contributed by atoms with Crippen molar-refractivity contribution in [2.75, 3.05) is 31.3 Å². The van der Waals surface area contributed by atoms with Gasteiger partial charge in [0.05, 0.1) is 16.9 Å². The minimum absolute atomic E-state index is 0.0146. The third-order valence-electron chi connectivity index (χ3n) is 7.25. The maximum Gasteiger partial charge on any atom is 0.422 e. The van der Waals surface area contributed by atoms with E-state index < -0.39 is 52.2 Å². The number of pyridine rings is 1. The summed E-state index contributed by atoms with van der Waals surface area (Å²) in [6.45, 7) is -1.81. The zero-order chi connectivity index (χ0) is 34.5. The molecule has 1 aliphatic carbocycles. The van der Waals surface area contributed by atoms with Crippen molar-refractivity contribution >= 4 is 51.1 Å². The largest absolute Gasteiger partial charge is 0.455 e. The van der Waals surface area contributed by atoms with Gasteiger partial charge in [-0.25, -0.2) is 18.1 Å². The van der Waals surface area contributed by atoms with Crippen molar-refractivity contribution in [1.82, 2.24) is 25.2 Å². The van der Waals surface area contributed by atoms with Crippen molar-refractivity contribution in [2.24, 2.45) is 9.98 Å². The number of nitrogens with one attached hydrogen (secondary N) is 4. The minimum Gasteiger partial charge on any atom is -0.455 e. The van der Waals surface area contributed by atoms with E-state index in [0.29, 0.717) is 10.7 Å². The Morgan fingerprint density at radius 1 is 1.04 bits per heavy atom. The number of alkyl halides is 3. The zero-order valence-electron chi connectivity index (χ0n) is 25.3. The second-order valence-electron chi connectivity index (χ2n) is 10.9. The van der Waals surface area contributed by atoms with E-state index in [-0.39, 0.29) is 29.7 Å². The molecule has 2 heterocycles. The summed E-state index contributed by atoms with van der Waals surface area (Å²) in [5.41, 5.74) is 1.07. The highest BCUT2D eigenvalue weighted by Gasteiger charge is 2.46. The molecule has 13 nitrogen and oxygen atoms in total. The van der Waals surface area contributed by atoms with Gasteiger partial charge in [0, 0.05) is 42.3 Å². The number of anilines is 1. The van der Waals surface area contributed by atoms with Gasteiger partial charge in [0.2, 0.25) is 22.3 Å². The van der Waals surface area contributed by atoms with Crippen LogP contribution in [0.25, 0.3) is 0 Å². The summed E-state index contributed by atoms with van der Waals surface area (Å²) in [5.74, 6) is -1.91. The standard InChI is InChI=1S/C30H30ClF3N8O5S/c1-42-27(38-26(39-28(42)47-18-30(32,33)34)40-29(12-13-29)21-6-8-22(31)9-7-21)37-23-10-4-19(5-11-23)25(44)41-48(45,46)16-15-36-24(43)20-3-2-14-35-17-20/h2-11,14,17,27,37H,12-13,15-16,18H2,1H3,(H,36,43)(H,38,40)(H,41,44). The number of carbonyl (C=O) groups is 2. The Labute approximate surface area is 278 Å². The molecule has 48 heavy (non-hydrogen) atoms. The second-order valence-corrected chi connectivity index (χ2v) is 13.2. The smallest absolute Gasteiger partial charge is 0.422 e. The Balaban J connectivity index is 1.23. The molecule has 0 saturated heterocycles. The lowest BCUT2D eigenvalue weighted by Gasteiger charge is -2.33. The maximum absolute atomic E-state index is 13.0. The number of hydrogen-bond donors (Lipinski definition) is 4. The number of amidine groups is 1. The average molecular weight is 707 g/mol. The molecule has 2 amide bonds. The Morgan fingerprint density at radius 2 is 1.75 bits per heavy atom. The van der Waals surface area contributed by atoms with E-state index in [2.05, 4.69) is 30.9 Å². The molecular formula is C30H30ClF3N8O5S. The van der Waals surface area contributed by atoms with Crippen LogP contribution in [-0.4, -0.2) is 80.5 Å². The van der Waals surface area contributed by atoms with E-state index in [1.54, 1.807) is 18.2 Å². The highest BCUT2D eigenvalue weighted by molar-refractivity contribution is 7.90. The van der Waals surface area contributed by atoms with Crippen LogP contribution >= 0.6 is 11.6 Å². The Morgan fingerprint density at radius 3 is 2.38 bits per heavy atom. The zero-order valence-corrected chi connectivity index (χ0v) is 26.9. The molecule has 1 saturated carbocycles. The lowest BCUT2D eigenvalue weighted by Crippen LogP contribution is -2.49. The van der Waals surface area contributed by atoms with Crippen molar-refractivity contribution in [3.05, 3.63) is 94.8 Å². The fraction of sp³-hybridized carbons (Fsp3) is 0.300. The van der Waals surface area contributed by atoms with Gasteiger partial charge >= 0.3 is 6.18 Å². The van der Waals surface area contributed by atoms with Crippen molar-refractivity contribution in [2.45, 2.75) is 30.8 Å². The number of carbonyl (C=O) groups excluding carboxylic acids is 2. The SMILES string of the molecule is CN1C(OCC(F)(F)F)=NC(NC2(c3ccc(Cl)cc3)CC2)=NC1Nc1ccc(C(=O)NS(=O)(=O)CCNC(=O)c2cccnc2)cc1. The third-order valence-corrected chi connectivity index (χ3v) is 8.74. The number of hydrogen-bond acceptors (Lipinski definition) is 11. The van der Waals surface area contributed by atoms with Crippen molar-refractivity contribution < 1.29 is 35.9 Å². The molecule has 2 aliphatic rings. The van der Waals surface area contributed by atoms with Gasteiger partial charge in [0.1, 0.15) is 0 Å². The van der Waals surface area contributed by atoms with Gasteiger partial charge in [-0.05, 0) is 66.9 Å². The van der Waals surface area contributed by atoms with Gasteiger partial charge in [0.15, 0.2) is 6.61 Å². The molecule has 1 aromatic heterocycles. The first-order chi connectivity index (χ1) is 22.7. The van der Waals surface area contributed by atoms with Crippen molar-refractivity contribution in [3.63, 3.8) is 0 Å². The molecule has 0 spiro atoms. The third kappa shape index (κ3) is 9.13. The quantitative estimate of drug-likeness (QED) is 0.234. The second kappa shape index (κ2) is 14.1. The number of benzene rings is 2. The van der Waals surface area contributed by atoms with E-state index in [9.17, 15) is 31.2 Å². The molecule has 1 atom stereocenters. The topological polar surface area (TPSA) is 166 Å². The molecule has 5 rings (SSSR count). The Bertz CT molecular complexity index is 1800. The van der Waals surface area contributed by atoms with Gasteiger partial charge in [0.25, 0.3) is 17.8 Å². The minimum atomic E-state index is -4.60. The molecule has 0 radical (unpaired) electrons. The van der Waals surface area contributed by atoms with E-state index in [1.165, 1.54) is 54.7 Å². The number of amides is 2. The molecular weight excluding hydrogens is 677 g/mol. The fourth-order valence-electron chi connectivity index (χ4n) is 4.59. The van der Waals surface area contributed by atoms with Gasteiger partial charge in [-0.2, -0.15) is 18.2 Å². The first-order valence-electron chi connectivity index (χ1n) is 14.4. The van der Waals surface area contributed by atoms with Crippen LogP contribution in [0.4, 0.5) is 18.9 Å². The van der Waals surface area contributed by atoms with Crippen LogP contribution in [0.1, 0.15) is 39.1 Å². The number of rotatable bonds is 11. The molecule has 1 unspecified atom stereocenters. The summed E-state index contributed by atoms with van der Waals surface area (Å²) in [4.78, 5) is 38.6. The lowest BCUT2D eigenvalue weighted by atomic mass is 10.1. The van der Waals surface area contributed by atoms with Crippen LogP contribution < -0.4 is 20.7 Å². The highest BCUT2D eigenvalue weighted by Crippen LogP contribution is 2.46. The molecule has 1 aliphatic heterocycles. The van der Waals surface area contributed by atoms with E-state index in [4.69, 9.17) is 16.3 Å². The number of guanidine groups is 1. The predicted molar refractivity (Wildman–Crippen MR) is 172 cm³/mol. The van der Waals surface area contributed by atoms with Gasteiger partial charge in [-0.15, -0.1) is 0 Å². The molecule has 3 aromatic rings. The van der Waals surface area contributed by atoms with Crippen LogP contribution in [0.5, 0.6) is 0 Å². The molecule has 4 N–H and O–H groups in total. The number of aliphatic imine (C=N–C) groups is 2. The number of nitrogens with zero attached hydrogens (tertiary/aromatic N) is 4. The number of aromatic nitrogens is 1. The van der Waals surface area contributed by atoms with Crippen LogP contribution in [0.2, 0.25) is 5.02 Å². The van der Waals surface area contributed by atoms with Crippen LogP contribution in [-0.2, 0) is 20.3 Å². The molecule has 18 heteroatoms. The Kier molecular flexibility index (Phi) is 10.1. The van der Waals surface area contributed by atoms with E-state index >= 15 is 0 Å². The van der Waals surface area contributed by atoms with Crippen molar-refractivity contribution in [1.29, 1.82) is 0 Å². The fourth-order valence-corrected chi connectivity index (χ4v) is 5.58. The first-order valence-corrected chi connectivity index (χ1v) is 16.5. The van der Waals surface area contributed by atoms with E-state index in [1.807, 2.05) is 16.9 Å². The van der Waals surface area contributed by atoms with Crippen molar-refractivity contribution in [3.8, 4) is 0 Å². The first kappa shape index (κ1) is 34.4. The van der Waals surface area contributed by atoms with Crippen LogP contribution in [0.15, 0.2) is 83.0 Å². The number of sulfonamides is 1.